The van der Waals surface area contributed by atoms with Crippen LogP contribution in [0.25, 0.3) is 17.1 Å². The number of benzene rings is 1. The molecular weight excluding hydrogens is 367 g/mol. The Kier molecular flexibility index (Phi) is 4.96. The molecule has 29 heavy (non-hydrogen) atoms. The Morgan fingerprint density at radius 2 is 1.90 bits per heavy atom. The van der Waals surface area contributed by atoms with Crippen LogP contribution in [0, 0.1) is 26.6 Å². The summed E-state index contributed by atoms with van der Waals surface area (Å²) in [6.45, 7) is 7.96. The summed E-state index contributed by atoms with van der Waals surface area (Å²) in [4.78, 5) is 8.80. The van der Waals surface area contributed by atoms with E-state index >= 15 is 0 Å². The van der Waals surface area contributed by atoms with Gasteiger partial charge < -0.3 is 0 Å². The molecule has 0 aliphatic heterocycles. The van der Waals surface area contributed by atoms with Crippen molar-refractivity contribution in [3.63, 3.8) is 0 Å². The molecule has 3 aromatic heterocycles. The third kappa shape index (κ3) is 3.68. The fourth-order valence-corrected chi connectivity index (χ4v) is 3.68. The number of halogens is 1. The highest BCUT2D eigenvalue weighted by Gasteiger charge is 2.17. The van der Waals surface area contributed by atoms with Gasteiger partial charge in [0.15, 0.2) is 5.82 Å². The predicted molar refractivity (Wildman–Crippen MR) is 110 cm³/mol. The number of nitrogens with zero attached hydrogens (tertiary/aromatic N) is 5. The molecule has 0 radical (unpaired) electrons. The zero-order valence-corrected chi connectivity index (χ0v) is 17.0. The van der Waals surface area contributed by atoms with Crippen LogP contribution in [-0.2, 0) is 12.8 Å². The quantitative estimate of drug-likeness (QED) is 0.552. The standard InChI is InChI=1S/C22H23FN6/c1-5-18-20(26-27-22(18)19-7-6-16(23)8-13(19)2)10-17-11-21(25-12-24-17)29-15(4)9-14(3)28-29/h6-9,11-12H,5,10H2,1-4H3,(H,26,27). The Balaban J connectivity index is 1.68. The number of aromatic amines is 1. The van der Waals surface area contributed by atoms with Crippen molar-refractivity contribution >= 4 is 0 Å². The van der Waals surface area contributed by atoms with E-state index in [-0.39, 0.29) is 5.82 Å². The fourth-order valence-electron chi connectivity index (χ4n) is 3.68. The second kappa shape index (κ2) is 7.58. The predicted octanol–water partition coefficient (Wildman–Crippen LogP) is 4.27. The second-order valence-corrected chi connectivity index (χ2v) is 7.23. The van der Waals surface area contributed by atoms with Crippen molar-refractivity contribution in [1.29, 1.82) is 0 Å². The van der Waals surface area contributed by atoms with E-state index in [1.165, 1.54) is 12.1 Å². The molecule has 0 saturated heterocycles. The van der Waals surface area contributed by atoms with Crippen molar-refractivity contribution in [2.45, 2.75) is 40.5 Å². The SMILES string of the molecule is CCc1c(-c2ccc(F)cc2C)n[nH]c1Cc1cc(-n2nc(C)cc2C)ncn1. The smallest absolute Gasteiger partial charge is 0.157 e. The van der Waals surface area contributed by atoms with Crippen molar-refractivity contribution in [1.82, 2.24) is 29.9 Å². The van der Waals surface area contributed by atoms with Gasteiger partial charge in [0.2, 0.25) is 0 Å². The highest BCUT2D eigenvalue weighted by atomic mass is 19.1. The van der Waals surface area contributed by atoms with Gasteiger partial charge in [0.05, 0.1) is 17.1 Å². The minimum atomic E-state index is -0.238. The summed E-state index contributed by atoms with van der Waals surface area (Å²) in [5, 5.41) is 12.2. The molecule has 7 heteroatoms. The molecule has 6 nitrogen and oxygen atoms in total. The van der Waals surface area contributed by atoms with Crippen LogP contribution in [0.4, 0.5) is 4.39 Å². The molecule has 4 aromatic rings. The van der Waals surface area contributed by atoms with Gasteiger partial charge in [0.1, 0.15) is 12.1 Å². The first-order valence-corrected chi connectivity index (χ1v) is 9.63. The number of aryl methyl sites for hydroxylation is 3. The molecule has 0 amide bonds. The zero-order valence-electron chi connectivity index (χ0n) is 17.0. The second-order valence-electron chi connectivity index (χ2n) is 7.23. The molecule has 0 fully saturated rings. The van der Waals surface area contributed by atoms with E-state index in [2.05, 4.69) is 32.2 Å². The Morgan fingerprint density at radius 1 is 1.07 bits per heavy atom. The first kappa shape index (κ1) is 19.0. The van der Waals surface area contributed by atoms with E-state index in [1.54, 1.807) is 12.4 Å². The molecule has 0 spiro atoms. The van der Waals surface area contributed by atoms with E-state index in [0.717, 1.165) is 57.4 Å². The van der Waals surface area contributed by atoms with Gasteiger partial charge in [-0.3, -0.25) is 5.10 Å². The van der Waals surface area contributed by atoms with Crippen LogP contribution in [0.5, 0.6) is 0 Å². The summed E-state index contributed by atoms with van der Waals surface area (Å²) >= 11 is 0. The number of rotatable bonds is 5. The van der Waals surface area contributed by atoms with Gasteiger partial charge in [-0.05, 0) is 57.0 Å². The lowest BCUT2D eigenvalue weighted by atomic mass is 9.98. The average molecular weight is 390 g/mol. The van der Waals surface area contributed by atoms with Gasteiger partial charge in [0.25, 0.3) is 0 Å². The van der Waals surface area contributed by atoms with E-state index in [4.69, 9.17) is 0 Å². The third-order valence-corrected chi connectivity index (χ3v) is 5.04. The molecular formula is C22H23FN6. The van der Waals surface area contributed by atoms with Gasteiger partial charge in [-0.25, -0.2) is 19.0 Å². The molecule has 3 heterocycles. The van der Waals surface area contributed by atoms with Crippen molar-refractivity contribution < 1.29 is 4.39 Å². The molecule has 0 unspecified atom stereocenters. The largest absolute Gasteiger partial charge is 0.281 e. The lowest BCUT2D eigenvalue weighted by molar-refractivity contribution is 0.627. The third-order valence-electron chi connectivity index (χ3n) is 5.04. The van der Waals surface area contributed by atoms with Crippen molar-refractivity contribution in [3.05, 3.63) is 76.4 Å². The number of hydrogen-bond donors (Lipinski definition) is 1. The first-order chi connectivity index (χ1) is 14.0. The van der Waals surface area contributed by atoms with Crippen molar-refractivity contribution in [2.75, 3.05) is 0 Å². The highest BCUT2D eigenvalue weighted by molar-refractivity contribution is 5.67. The Hall–Kier alpha value is -3.35. The van der Waals surface area contributed by atoms with Crippen LogP contribution < -0.4 is 0 Å². The normalized spacial score (nSPS) is 11.2. The average Bonchev–Trinajstić information content (AvgIpc) is 3.24. The van der Waals surface area contributed by atoms with Crippen LogP contribution in [0.3, 0.4) is 0 Å². The lowest BCUT2D eigenvalue weighted by Gasteiger charge is -2.08. The van der Waals surface area contributed by atoms with E-state index in [0.29, 0.717) is 6.42 Å². The van der Waals surface area contributed by atoms with Crippen molar-refractivity contribution in [2.24, 2.45) is 0 Å². The van der Waals surface area contributed by atoms with E-state index in [9.17, 15) is 4.39 Å². The minimum absolute atomic E-state index is 0.238. The summed E-state index contributed by atoms with van der Waals surface area (Å²) in [6, 6.07) is 8.76. The maximum Gasteiger partial charge on any atom is 0.157 e. The van der Waals surface area contributed by atoms with Crippen molar-refractivity contribution in [3.8, 4) is 17.1 Å². The molecule has 1 N–H and O–H groups in total. The van der Waals surface area contributed by atoms with Gasteiger partial charge in [-0.1, -0.05) is 6.92 Å². The zero-order chi connectivity index (χ0) is 20.5. The molecule has 0 bridgehead atoms. The molecule has 148 valence electrons. The van der Waals surface area contributed by atoms with Crippen LogP contribution in [0.1, 0.15) is 40.8 Å². The first-order valence-electron chi connectivity index (χ1n) is 9.63. The lowest BCUT2D eigenvalue weighted by Crippen LogP contribution is -2.05. The highest BCUT2D eigenvalue weighted by Crippen LogP contribution is 2.28. The summed E-state index contributed by atoms with van der Waals surface area (Å²) in [5.74, 6) is 0.505. The number of aromatic nitrogens is 6. The fraction of sp³-hybridized carbons (Fsp3) is 0.273. The summed E-state index contributed by atoms with van der Waals surface area (Å²) in [7, 11) is 0. The molecule has 0 aliphatic rings. The van der Waals surface area contributed by atoms with Crippen LogP contribution >= 0.6 is 0 Å². The van der Waals surface area contributed by atoms with Crippen LogP contribution in [-0.4, -0.2) is 29.9 Å². The maximum absolute atomic E-state index is 13.5. The van der Waals surface area contributed by atoms with Gasteiger partial charge in [0, 0.05) is 35.0 Å². The Labute approximate surface area is 168 Å². The topological polar surface area (TPSA) is 72.3 Å². The molecule has 0 atom stereocenters. The molecule has 1 aromatic carbocycles. The molecule has 0 saturated carbocycles. The minimum Gasteiger partial charge on any atom is -0.281 e. The van der Waals surface area contributed by atoms with E-state index < -0.39 is 0 Å². The molecule has 0 aliphatic carbocycles. The van der Waals surface area contributed by atoms with Crippen LogP contribution in [0.15, 0.2) is 36.7 Å². The van der Waals surface area contributed by atoms with Gasteiger partial charge >= 0.3 is 0 Å². The van der Waals surface area contributed by atoms with E-state index in [1.807, 2.05) is 37.6 Å². The maximum atomic E-state index is 13.5. The monoisotopic (exact) mass is 390 g/mol. The van der Waals surface area contributed by atoms with Gasteiger partial charge in [-0.2, -0.15) is 10.2 Å². The molecule has 4 rings (SSSR count). The number of H-pyrrole nitrogens is 1. The number of hydrogen-bond acceptors (Lipinski definition) is 4. The summed E-state index contributed by atoms with van der Waals surface area (Å²) < 4.78 is 15.3. The summed E-state index contributed by atoms with van der Waals surface area (Å²) in [5.41, 5.74) is 7.65. The number of nitrogens with one attached hydrogen (secondary N) is 1. The van der Waals surface area contributed by atoms with Gasteiger partial charge in [-0.15, -0.1) is 0 Å². The van der Waals surface area contributed by atoms with Crippen LogP contribution in [0.2, 0.25) is 0 Å². The Morgan fingerprint density at radius 3 is 2.59 bits per heavy atom. The Bertz CT molecular complexity index is 1170. The summed E-state index contributed by atoms with van der Waals surface area (Å²) in [6.07, 6.45) is 2.98.